The monoisotopic (exact) mass is 333 g/mol. The van der Waals surface area contributed by atoms with E-state index in [0.717, 1.165) is 24.8 Å². The molecule has 1 nitrogen and oxygen atoms in total. The molecule has 2 N–H and O–H groups in total. The molecule has 104 valence electrons. The van der Waals surface area contributed by atoms with E-state index in [0.29, 0.717) is 10.4 Å². The lowest BCUT2D eigenvalue weighted by molar-refractivity contribution is 0.382. The van der Waals surface area contributed by atoms with Gasteiger partial charge in [-0.25, -0.2) is 4.39 Å². The van der Waals surface area contributed by atoms with Crippen LogP contribution in [0.1, 0.15) is 29.2 Å². The zero-order valence-electron chi connectivity index (χ0n) is 11.2. The van der Waals surface area contributed by atoms with E-state index < -0.39 is 0 Å². The number of nitrogens with two attached hydrogens (primary N) is 1. The summed E-state index contributed by atoms with van der Waals surface area (Å²) in [5.41, 5.74) is 10.2. The summed E-state index contributed by atoms with van der Waals surface area (Å²) >= 11 is 3.23. The van der Waals surface area contributed by atoms with Crippen molar-refractivity contribution < 1.29 is 4.39 Å². The van der Waals surface area contributed by atoms with Gasteiger partial charge in [0.2, 0.25) is 0 Å². The number of hydrogen-bond acceptors (Lipinski definition) is 1. The zero-order chi connectivity index (χ0) is 14.1. The van der Waals surface area contributed by atoms with E-state index >= 15 is 0 Å². The molecule has 0 bridgehead atoms. The lowest BCUT2D eigenvalue weighted by Crippen LogP contribution is -2.27. The summed E-state index contributed by atoms with van der Waals surface area (Å²) < 4.78 is 13.8. The molecule has 2 aromatic carbocycles. The molecule has 0 heterocycles. The summed E-state index contributed by atoms with van der Waals surface area (Å²) in [6, 6.07) is 13.6. The Hall–Kier alpha value is -1.19. The maximum Gasteiger partial charge on any atom is 0.137 e. The van der Waals surface area contributed by atoms with Crippen molar-refractivity contribution in [1.29, 1.82) is 0 Å². The third kappa shape index (κ3) is 2.65. The summed E-state index contributed by atoms with van der Waals surface area (Å²) in [5.74, 6) is 0.178. The fraction of sp³-hybridized carbons (Fsp3) is 0.294. The molecule has 0 amide bonds. The van der Waals surface area contributed by atoms with Crippen LogP contribution in [-0.4, -0.2) is 0 Å². The van der Waals surface area contributed by atoms with E-state index in [2.05, 4.69) is 40.2 Å². The first-order chi connectivity index (χ1) is 9.65. The van der Waals surface area contributed by atoms with E-state index in [1.165, 1.54) is 17.2 Å². The zero-order valence-corrected chi connectivity index (χ0v) is 12.7. The molecule has 1 aliphatic carbocycles. The fourth-order valence-corrected chi connectivity index (χ4v) is 3.42. The maximum absolute atomic E-state index is 13.3. The Morgan fingerprint density at radius 1 is 1.15 bits per heavy atom. The van der Waals surface area contributed by atoms with Crippen molar-refractivity contribution >= 4 is 15.9 Å². The molecular weight excluding hydrogens is 317 g/mol. The van der Waals surface area contributed by atoms with Crippen LogP contribution in [0, 0.1) is 11.7 Å². The van der Waals surface area contributed by atoms with Gasteiger partial charge < -0.3 is 5.73 Å². The van der Waals surface area contributed by atoms with Crippen LogP contribution in [0.15, 0.2) is 46.9 Å². The van der Waals surface area contributed by atoms with Gasteiger partial charge in [0.1, 0.15) is 5.82 Å². The van der Waals surface area contributed by atoms with E-state index in [-0.39, 0.29) is 11.9 Å². The third-order valence-electron chi connectivity index (χ3n) is 4.22. The van der Waals surface area contributed by atoms with E-state index in [1.807, 2.05) is 0 Å². The van der Waals surface area contributed by atoms with Crippen LogP contribution in [0.2, 0.25) is 0 Å². The summed E-state index contributed by atoms with van der Waals surface area (Å²) in [6.45, 7) is 0. The van der Waals surface area contributed by atoms with Gasteiger partial charge in [0.15, 0.2) is 0 Å². The number of benzene rings is 2. The van der Waals surface area contributed by atoms with Gasteiger partial charge in [0.25, 0.3) is 0 Å². The molecule has 0 saturated carbocycles. The van der Waals surface area contributed by atoms with Crippen molar-refractivity contribution in [3.63, 3.8) is 0 Å². The second kappa shape index (κ2) is 5.66. The quantitative estimate of drug-likeness (QED) is 0.866. The summed E-state index contributed by atoms with van der Waals surface area (Å²) in [5, 5.41) is 0. The predicted molar refractivity (Wildman–Crippen MR) is 83.0 cm³/mol. The van der Waals surface area contributed by atoms with Gasteiger partial charge in [-0.05, 0) is 69.9 Å². The average Bonchev–Trinajstić information content (AvgIpc) is 2.49. The molecule has 0 aliphatic heterocycles. The normalized spacial score (nSPS) is 19.4. The Kier molecular flexibility index (Phi) is 3.90. The lowest BCUT2D eigenvalue weighted by atomic mass is 9.78. The largest absolute Gasteiger partial charge is 0.324 e. The summed E-state index contributed by atoms with van der Waals surface area (Å²) in [7, 11) is 0. The van der Waals surface area contributed by atoms with Crippen molar-refractivity contribution in [2.24, 2.45) is 11.7 Å². The van der Waals surface area contributed by atoms with Gasteiger partial charge in [-0.15, -0.1) is 0 Å². The highest BCUT2D eigenvalue weighted by atomic mass is 79.9. The lowest BCUT2D eigenvalue weighted by Gasteiger charge is -2.29. The van der Waals surface area contributed by atoms with Crippen molar-refractivity contribution in [2.75, 3.05) is 0 Å². The topological polar surface area (TPSA) is 26.0 Å². The molecule has 0 aromatic heterocycles. The Balaban J connectivity index is 1.82. The number of aryl methyl sites for hydroxylation is 1. The first-order valence-corrected chi connectivity index (χ1v) is 7.72. The summed E-state index contributed by atoms with van der Waals surface area (Å²) in [4.78, 5) is 0. The van der Waals surface area contributed by atoms with Gasteiger partial charge in [-0.2, -0.15) is 0 Å². The van der Waals surface area contributed by atoms with Crippen LogP contribution < -0.4 is 5.73 Å². The van der Waals surface area contributed by atoms with Crippen molar-refractivity contribution in [3.8, 4) is 0 Å². The highest BCUT2D eigenvalue weighted by molar-refractivity contribution is 9.10. The standard InChI is InChI=1S/C17H17BrFN/c18-15-10-14(7-8-16(15)19)17(20)13-6-5-11-3-1-2-4-12(11)9-13/h1-4,7-8,10,13,17H,5-6,9,20H2. The van der Waals surface area contributed by atoms with Crippen molar-refractivity contribution in [3.05, 3.63) is 69.4 Å². The average molecular weight is 334 g/mol. The molecule has 0 radical (unpaired) electrons. The smallest absolute Gasteiger partial charge is 0.137 e. The van der Waals surface area contributed by atoms with Gasteiger partial charge in [-0.1, -0.05) is 30.3 Å². The highest BCUT2D eigenvalue weighted by Crippen LogP contribution is 2.33. The van der Waals surface area contributed by atoms with Crippen LogP contribution in [-0.2, 0) is 12.8 Å². The molecule has 3 heteroatoms. The Morgan fingerprint density at radius 3 is 2.65 bits per heavy atom. The number of fused-ring (bicyclic) bond motifs is 1. The Morgan fingerprint density at radius 2 is 1.90 bits per heavy atom. The molecule has 20 heavy (non-hydrogen) atoms. The van der Waals surface area contributed by atoms with Gasteiger partial charge in [-0.3, -0.25) is 0 Å². The van der Waals surface area contributed by atoms with E-state index in [1.54, 1.807) is 12.1 Å². The Labute approximate surface area is 127 Å². The van der Waals surface area contributed by atoms with E-state index in [9.17, 15) is 4.39 Å². The van der Waals surface area contributed by atoms with Crippen molar-refractivity contribution in [2.45, 2.75) is 25.3 Å². The molecular formula is C17H17BrFN. The van der Waals surface area contributed by atoms with Gasteiger partial charge in [0, 0.05) is 6.04 Å². The van der Waals surface area contributed by atoms with Crippen molar-refractivity contribution in [1.82, 2.24) is 0 Å². The molecule has 3 rings (SSSR count). The Bertz CT molecular complexity index is 626. The van der Waals surface area contributed by atoms with Crippen LogP contribution >= 0.6 is 15.9 Å². The fourth-order valence-electron chi connectivity index (χ4n) is 3.02. The van der Waals surface area contributed by atoms with Crippen LogP contribution in [0.4, 0.5) is 4.39 Å². The molecule has 2 atom stereocenters. The molecule has 2 aromatic rings. The first-order valence-electron chi connectivity index (χ1n) is 6.92. The number of halogens is 2. The molecule has 0 fully saturated rings. The van der Waals surface area contributed by atoms with Crippen LogP contribution in [0.25, 0.3) is 0 Å². The molecule has 2 unspecified atom stereocenters. The number of rotatable bonds is 2. The first kappa shape index (κ1) is 13.8. The highest BCUT2D eigenvalue weighted by Gasteiger charge is 2.25. The third-order valence-corrected chi connectivity index (χ3v) is 4.83. The molecule has 0 saturated heterocycles. The van der Waals surface area contributed by atoms with Gasteiger partial charge in [0.05, 0.1) is 4.47 Å². The molecule has 0 spiro atoms. The van der Waals surface area contributed by atoms with Crippen LogP contribution in [0.3, 0.4) is 0 Å². The SMILES string of the molecule is NC(c1ccc(F)c(Br)c1)C1CCc2ccccc2C1. The van der Waals surface area contributed by atoms with Gasteiger partial charge >= 0.3 is 0 Å². The predicted octanol–water partition coefficient (Wildman–Crippen LogP) is 4.39. The minimum atomic E-state index is -0.241. The second-order valence-electron chi connectivity index (χ2n) is 5.47. The van der Waals surface area contributed by atoms with E-state index in [4.69, 9.17) is 5.73 Å². The molecule has 1 aliphatic rings. The maximum atomic E-state index is 13.3. The minimum Gasteiger partial charge on any atom is -0.324 e. The summed E-state index contributed by atoms with van der Waals surface area (Å²) in [6.07, 6.45) is 3.18. The second-order valence-corrected chi connectivity index (χ2v) is 6.33. The minimum absolute atomic E-state index is 0.0414. The number of hydrogen-bond donors (Lipinski definition) is 1. The van der Waals surface area contributed by atoms with Crippen LogP contribution in [0.5, 0.6) is 0 Å².